The van der Waals surface area contributed by atoms with Crippen LogP contribution in [-0.4, -0.2) is 43.3 Å². The number of amides is 1. The molecule has 0 aliphatic carbocycles. The van der Waals surface area contributed by atoms with Crippen LogP contribution in [0.1, 0.15) is 30.7 Å². The van der Waals surface area contributed by atoms with Gasteiger partial charge < -0.3 is 9.73 Å². The van der Waals surface area contributed by atoms with E-state index in [1.165, 1.54) is 0 Å². The standard InChI is InChI=1S/C19H22Cl2N2O4S/c1-13(17-5-4-14(20)9-18(17)21)22-19(24)11-23(10-16-3-2-7-27-16)15-6-8-28(25,26)12-15/h2-5,7,9,13,15H,6,8,10-12H2,1H3,(H,22,24). The first-order valence-corrected chi connectivity index (χ1v) is 11.5. The number of nitrogens with one attached hydrogen (secondary N) is 1. The molecule has 1 aromatic heterocycles. The minimum Gasteiger partial charge on any atom is -0.468 e. The van der Waals surface area contributed by atoms with Crippen molar-refractivity contribution in [3.8, 4) is 0 Å². The van der Waals surface area contributed by atoms with Gasteiger partial charge in [-0.3, -0.25) is 9.69 Å². The second kappa shape index (κ2) is 8.86. The second-order valence-electron chi connectivity index (χ2n) is 7.00. The molecule has 2 aromatic rings. The van der Waals surface area contributed by atoms with Gasteiger partial charge in [0.25, 0.3) is 0 Å². The van der Waals surface area contributed by atoms with E-state index in [-0.39, 0.29) is 36.0 Å². The van der Waals surface area contributed by atoms with E-state index < -0.39 is 9.84 Å². The van der Waals surface area contributed by atoms with Crippen LogP contribution in [0.3, 0.4) is 0 Å². The Hall–Kier alpha value is -1.54. The predicted molar refractivity (Wildman–Crippen MR) is 109 cm³/mol. The molecule has 0 saturated carbocycles. The Balaban J connectivity index is 1.68. The fraction of sp³-hybridized carbons (Fsp3) is 0.421. The number of hydrogen-bond donors (Lipinski definition) is 1. The van der Waals surface area contributed by atoms with E-state index in [2.05, 4.69) is 5.32 Å². The number of hydrogen-bond acceptors (Lipinski definition) is 5. The first-order valence-electron chi connectivity index (χ1n) is 8.94. The first-order chi connectivity index (χ1) is 13.2. The fourth-order valence-corrected chi connectivity index (χ4v) is 5.72. The van der Waals surface area contributed by atoms with Gasteiger partial charge in [0, 0.05) is 16.1 Å². The van der Waals surface area contributed by atoms with Gasteiger partial charge in [-0.1, -0.05) is 29.3 Å². The Morgan fingerprint density at radius 1 is 1.36 bits per heavy atom. The molecule has 1 aliphatic heterocycles. The van der Waals surface area contributed by atoms with E-state index in [0.29, 0.717) is 28.8 Å². The van der Waals surface area contributed by atoms with Crippen LogP contribution in [0.4, 0.5) is 0 Å². The van der Waals surface area contributed by atoms with Gasteiger partial charge >= 0.3 is 0 Å². The summed E-state index contributed by atoms with van der Waals surface area (Å²) in [4.78, 5) is 14.5. The van der Waals surface area contributed by atoms with Crippen LogP contribution in [-0.2, 0) is 21.2 Å². The van der Waals surface area contributed by atoms with Crippen molar-refractivity contribution in [2.45, 2.75) is 32.0 Å². The molecule has 1 saturated heterocycles. The molecule has 1 amide bonds. The highest BCUT2D eigenvalue weighted by Gasteiger charge is 2.33. The Morgan fingerprint density at radius 2 is 2.14 bits per heavy atom. The fourth-order valence-electron chi connectivity index (χ4n) is 3.38. The van der Waals surface area contributed by atoms with Crippen molar-refractivity contribution in [3.05, 3.63) is 58.0 Å². The molecule has 0 radical (unpaired) electrons. The van der Waals surface area contributed by atoms with Crippen LogP contribution in [0.15, 0.2) is 41.0 Å². The van der Waals surface area contributed by atoms with E-state index in [9.17, 15) is 13.2 Å². The molecule has 2 atom stereocenters. The monoisotopic (exact) mass is 444 g/mol. The Labute approximate surface area is 174 Å². The van der Waals surface area contributed by atoms with Gasteiger partial charge in [0.1, 0.15) is 5.76 Å². The first kappa shape index (κ1) is 21.2. The topological polar surface area (TPSA) is 79.6 Å². The molecule has 0 bridgehead atoms. The smallest absolute Gasteiger partial charge is 0.234 e. The van der Waals surface area contributed by atoms with Gasteiger partial charge in [-0.05, 0) is 43.2 Å². The summed E-state index contributed by atoms with van der Waals surface area (Å²) >= 11 is 12.1. The highest BCUT2D eigenvalue weighted by Crippen LogP contribution is 2.26. The number of carbonyl (C=O) groups is 1. The Kier molecular flexibility index (Phi) is 6.70. The van der Waals surface area contributed by atoms with E-state index in [0.717, 1.165) is 5.56 Å². The second-order valence-corrected chi connectivity index (χ2v) is 10.1. The number of sulfone groups is 1. The molecule has 28 heavy (non-hydrogen) atoms. The molecule has 2 unspecified atom stereocenters. The maximum atomic E-state index is 12.7. The quantitative estimate of drug-likeness (QED) is 0.706. The van der Waals surface area contributed by atoms with Crippen molar-refractivity contribution >= 4 is 38.9 Å². The van der Waals surface area contributed by atoms with Gasteiger partial charge in [-0.2, -0.15) is 0 Å². The lowest BCUT2D eigenvalue weighted by molar-refractivity contribution is -0.123. The number of benzene rings is 1. The lowest BCUT2D eigenvalue weighted by Crippen LogP contribution is -2.43. The lowest BCUT2D eigenvalue weighted by atomic mass is 10.1. The molecule has 0 spiro atoms. The number of rotatable bonds is 7. The average Bonchev–Trinajstić information content (AvgIpc) is 3.23. The molecule has 3 rings (SSSR count). The van der Waals surface area contributed by atoms with Gasteiger partial charge in [0.15, 0.2) is 9.84 Å². The Morgan fingerprint density at radius 3 is 2.75 bits per heavy atom. The molecular formula is C19H22Cl2N2O4S. The summed E-state index contributed by atoms with van der Waals surface area (Å²) < 4.78 is 29.2. The summed E-state index contributed by atoms with van der Waals surface area (Å²) in [5, 5.41) is 3.93. The maximum absolute atomic E-state index is 12.7. The van der Waals surface area contributed by atoms with Gasteiger partial charge in [-0.15, -0.1) is 0 Å². The third kappa shape index (κ3) is 5.50. The summed E-state index contributed by atoms with van der Waals surface area (Å²) in [7, 11) is -3.06. The maximum Gasteiger partial charge on any atom is 0.234 e. The van der Waals surface area contributed by atoms with Crippen molar-refractivity contribution < 1.29 is 17.6 Å². The zero-order chi connectivity index (χ0) is 20.3. The van der Waals surface area contributed by atoms with Gasteiger partial charge in [-0.25, -0.2) is 8.42 Å². The third-order valence-corrected chi connectivity index (χ3v) is 7.13. The highest BCUT2D eigenvalue weighted by molar-refractivity contribution is 7.91. The number of furan rings is 1. The molecule has 9 heteroatoms. The third-order valence-electron chi connectivity index (χ3n) is 4.82. The molecule has 6 nitrogen and oxygen atoms in total. The molecular weight excluding hydrogens is 423 g/mol. The van der Waals surface area contributed by atoms with Crippen molar-refractivity contribution in [2.24, 2.45) is 0 Å². The number of nitrogens with zero attached hydrogens (tertiary/aromatic N) is 1. The van der Waals surface area contributed by atoms with E-state index in [1.54, 1.807) is 30.5 Å². The van der Waals surface area contributed by atoms with E-state index in [1.807, 2.05) is 17.9 Å². The summed E-state index contributed by atoms with van der Waals surface area (Å²) in [6.07, 6.45) is 2.07. The van der Waals surface area contributed by atoms with Crippen molar-refractivity contribution in [1.29, 1.82) is 0 Å². The highest BCUT2D eigenvalue weighted by atomic mass is 35.5. The summed E-state index contributed by atoms with van der Waals surface area (Å²) in [6.45, 7) is 2.27. The zero-order valence-corrected chi connectivity index (χ0v) is 17.7. The predicted octanol–water partition coefficient (Wildman–Crippen LogP) is 3.45. The molecule has 1 fully saturated rings. The largest absolute Gasteiger partial charge is 0.468 e. The summed E-state index contributed by atoms with van der Waals surface area (Å²) in [5.74, 6) is 0.671. The van der Waals surface area contributed by atoms with Gasteiger partial charge in [0.05, 0.1) is 36.9 Å². The molecule has 1 aliphatic rings. The normalized spacial score (nSPS) is 19.6. The van der Waals surface area contributed by atoms with E-state index >= 15 is 0 Å². The molecule has 1 aromatic carbocycles. The van der Waals surface area contributed by atoms with E-state index in [4.69, 9.17) is 27.6 Å². The zero-order valence-electron chi connectivity index (χ0n) is 15.4. The number of halogens is 2. The Bertz CT molecular complexity index is 931. The van der Waals surface area contributed by atoms with Crippen LogP contribution < -0.4 is 5.32 Å². The van der Waals surface area contributed by atoms with Crippen LogP contribution in [0.2, 0.25) is 10.0 Å². The lowest BCUT2D eigenvalue weighted by Gasteiger charge is -2.27. The summed E-state index contributed by atoms with van der Waals surface area (Å²) in [5.41, 5.74) is 0.764. The van der Waals surface area contributed by atoms with Crippen LogP contribution in [0.25, 0.3) is 0 Å². The minimum absolute atomic E-state index is 0.0551. The van der Waals surface area contributed by atoms with Crippen LogP contribution >= 0.6 is 23.2 Å². The molecule has 1 N–H and O–H groups in total. The van der Waals surface area contributed by atoms with Crippen molar-refractivity contribution in [2.75, 3.05) is 18.1 Å². The molecule has 2 heterocycles. The SMILES string of the molecule is CC(NC(=O)CN(Cc1ccco1)C1CCS(=O)(=O)C1)c1ccc(Cl)cc1Cl. The van der Waals surface area contributed by atoms with Crippen LogP contribution in [0, 0.1) is 0 Å². The molecule has 152 valence electrons. The minimum atomic E-state index is -3.06. The van der Waals surface area contributed by atoms with Crippen molar-refractivity contribution in [3.63, 3.8) is 0 Å². The van der Waals surface area contributed by atoms with Crippen LogP contribution in [0.5, 0.6) is 0 Å². The van der Waals surface area contributed by atoms with Crippen molar-refractivity contribution in [1.82, 2.24) is 10.2 Å². The summed E-state index contributed by atoms with van der Waals surface area (Å²) in [6, 6.07) is 8.19. The van der Waals surface area contributed by atoms with Gasteiger partial charge in [0.2, 0.25) is 5.91 Å². The number of carbonyl (C=O) groups excluding carboxylic acids is 1. The average molecular weight is 445 g/mol.